The summed E-state index contributed by atoms with van der Waals surface area (Å²) >= 11 is 3.44. The van der Waals surface area contributed by atoms with Gasteiger partial charge in [-0.15, -0.1) is 33.3 Å². The molecule has 0 aliphatic carbocycles. The molecule has 0 aromatic carbocycles. The number of ether oxygens (including phenoxy) is 1. The Bertz CT molecular complexity index is 1330. The van der Waals surface area contributed by atoms with E-state index in [2.05, 4.69) is 41.4 Å². The van der Waals surface area contributed by atoms with Crippen LogP contribution in [0.1, 0.15) is 12.6 Å². The quantitative estimate of drug-likeness (QED) is 0.0544. The Kier molecular flexibility index (Phi) is 9.09. The van der Waals surface area contributed by atoms with Gasteiger partial charge in [-0.3, -0.25) is 19.3 Å². The van der Waals surface area contributed by atoms with E-state index in [0.29, 0.717) is 17.1 Å². The lowest BCUT2D eigenvalue weighted by atomic mass is 10.0. The van der Waals surface area contributed by atoms with E-state index in [1.807, 2.05) is 0 Å². The number of hydrogen-bond donors (Lipinski definition) is 4. The molecule has 2 aliphatic heterocycles. The van der Waals surface area contributed by atoms with Crippen molar-refractivity contribution in [1.29, 1.82) is 0 Å². The van der Waals surface area contributed by atoms with Crippen LogP contribution >= 0.6 is 34.9 Å². The Labute approximate surface area is 231 Å². The molecule has 39 heavy (non-hydrogen) atoms. The van der Waals surface area contributed by atoms with Gasteiger partial charge in [0.15, 0.2) is 10.8 Å². The molecule has 0 spiro atoms. The van der Waals surface area contributed by atoms with Crippen LogP contribution in [0.15, 0.2) is 27.0 Å². The lowest BCUT2D eigenvalue weighted by Gasteiger charge is -2.49. The number of aromatic amines is 1. The fraction of sp³-hybridized carbons (Fsp3) is 0.368. The number of aliphatic carboxylic acids is 1. The van der Waals surface area contributed by atoms with E-state index in [0.717, 1.165) is 28.0 Å². The molecule has 206 valence electrons. The van der Waals surface area contributed by atoms with Crippen LogP contribution in [0.2, 0.25) is 0 Å². The molecule has 20 heteroatoms. The minimum atomic E-state index is -1.28. The summed E-state index contributed by atoms with van der Waals surface area (Å²) in [7, 11) is 0. The van der Waals surface area contributed by atoms with E-state index < -0.39 is 41.8 Å². The van der Waals surface area contributed by atoms with E-state index in [1.165, 1.54) is 17.1 Å². The molecule has 4 N–H and O–H groups in total. The second-order valence-corrected chi connectivity index (χ2v) is 10.3. The number of β-lactam (4-membered cyclic amide) rings is 1. The number of hydrogen-bond acceptors (Lipinski definition) is 15. The fourth-order valence-corrected chi connectivity index (χ4v) is 6.30. The van der Waals surface area contributed by atoms with Crippen molar-refractivity contribution in [2.24, 2.45) is 5.16 Å². The number of esters is 1. The maximum Gasteiger partial charge on any atom is 0.352 e. The van der Waals surface area contributed by atoms with Crippen LogP contribution < -0.4 is 10.6 Å². The maximum atomic E-state index is 13.2. The normalized spacial score (nSPS) is 18.6. The number of carboxylic acids is 1. The predicted molar refractivity (Wildman–Crippen MR) is 136 cm³/mol. The summed E-state index contributed by atoms with van der Waals surface area (Å²) in [6.07, 6.45) is 0.404. The van der Waals surface area contributed by atoms with Crippen molar-refractivity contribution in [2.75, 3.05) is 30.0 Å². The van der Waals surface area contributed by atoms with Crippen molar-refractivity contribution in [3.63, 3.8) is 0 Å². The number of nitrogens with zero attached hydrogens (tertiary/aromatic N) is 6. The standard InChI is InChI=1S/C19H19N9O8S3/c1-2-35-10(30)3-36-25-11(9-6-39-18(21-9)20-7-29)14(31)22-12-15(32)28-13(17(33)34)8(4-37-16(12)28)5-38-19-23-26-27-24-19/h6-7,12,16H,2-5H2,1H3,(H,22,31)(H,33,34)(H,20,21,29)(H,23,24,26,27)/t12?,16-/m0/s1. The highest BCUT2D eigenvalue weighted by Crippen LogP contribution is 2.41. The smallest absolute Gasteiger partial charge is 0.352 e. The monoisotopic (exact) mass is 597 g/mol. The van der Waals surface area contributed by atoms with Crippen LogP contribution in [0.5, 0.6) is 0 Å². The summed E-state index contributed by atoms with van der Waals surface area (Å²) in [6, 6.07) is -1.07. The van der Waals surface area contributed by atoms with Crippen LogP contribution in [-0.4, -0.2) is 108 Å². The van der Waals surface area contributed by atoms with Gasteiger partial charge >= 0.3 is 11.9 Å². The number of thiazole rings is 1. The van der Waals surface area contributed by atoms with Gasteiger partial charge in [-0.1, -0.05) is 16.9 Å². The minimum absolute atomic E-state index is 0.0116. The van der Waals surface area contributed by atoms with Crippen molar-refractivity contribution < 1.29 is 38.7 Å². The molecule has 3 amide bonds. The Morgan fingerprint density at radius 2 is 2.23 bits per heavy atom. The molecule has 17 nitrogen and oxygen atoms in total. The Hall–Kier alpha value is -4.04. The van der Waals surface area contributed by atoms with Crippen molar-refractivity contribution in [3.05, 3.63) is 22.3 Å². The number of aromatic nitrogens is 5. The third-order valence-corrected chi connectivity index (χ3v) is 8.06. The first-order valence-electron chi connectivity index (χ1n) is 10.9. The molecule has 4 rings (SSSR count). The van der Waals surface area contributed by atoms with Crippen molar-refractivity contribution in [2.45, 2.75) is 23.5 Å². The molecule has 0 bridgehead atoms. The van der Waals surface area contributed by atoms with Gasteiger partial charge < -0.3 is 25.3 Å². The third kappa shape index (κ3) is 6.34. The molecular weight excluding hydrogens is 578 g/mol. The number of rotatable bonds is 13. The molecule has 2 aromatic rings. The molecule has 2 aliphatic rings. The zero-order valence-corrected chi connectivity index (χ0v) is 22.3. The first kappa shape index (κ1) is 28.0. The van der Waals surface area contributed by atoms with Crippen molar-refractivity contribution in [3.8, 4) is 0 Å². The van der Waals surface area contributed by atoms with Crippen molar-refractivity contribution >= 4 is 75.9 Å². The van der Waals surface area contributed by atoms with Gasteiger partial charge in [0, 0.05) is 16.9 Å². The molecular formula is C19H19N9O8S3. The third-order valence-electron chi connectivity index (χ3n) is 5.03. The van der Waals surface area contributed by atoms with Gasteiger partial charge in [0.25, 0.3) is 11.8 Å². The highest BCUT2D eigenvalue weighted by atomic mass is 32.2. The highest BCUT2D eigenvalue weighted by molar-refractivity contribution is 8.01. The van der Waals surface area contributed by atoms with E-state index in [4.69, 9.17) is 9.57 Å². The van der Waals surface area contributed by atoms with E-state index >= 15 is 0 Å². The first-order chi connectivity index (χ1) is 18.8. The molecule has 1 saturated heterocycles. The number of H-pyrrole nitrogens is 1. The second-order valence-electron chi connectivity index (χ2n) is 7.42. The van der Waals surface area contributed by atoms with Gasteiger partial charge in [-0.05, 0) is 17.7 Å². The summed E-state index contributed by atoms with van der Waals surface area (Å²) in [5, 5.41) is 33.0. The predicted octanol–water partition coefficient (Wildman–Crippen LogP) is -0.961. The number of oxime groups is 1. The number of carbonyl (C=O) groups excluding carboxylic acids is 4. The zero-order valence-electron chi connectivity index (χ0n) is 19.9. The molecule has 1 unspecified atom stereocenters. The zero-order chi connectivity index (χ0) is 27.9. The van der Waals surface area contributed by atoms with Gasteiger partial charge in [-0.25, -0.2) is 14.6 Å². The summed E-state index contributed by atoms with van der Waals surface area (Å²) in [6.45, 7) is 1.15. The Morgan fingerprint density at radius 3 is 2.92 bits per heavy atom. The SMILES string of the molecule is CCOC(=O)CON=C(C(=O)NC1C(=O)N2C(C(=O)O)=C(CSc3nn[nH]n3)CS[C@@H]12)c1csc(NC=O)n1. The number of nitrogens with one attached hydrogen (secondary N) is 3. The van der Waals surface area contributed by atoms with Crippen LogP contribution in [0.3, 0.4) is 0 Å². The number of amides is 3. The summed E-state index contributed by atoms with van der Waals surface area (Å²) in [5.41, 5.74) is -0.0322. The molecule has 2 aromatic heterocycles. The lowest BCUT2D eigenvalue weighted by molar-refractivity contribution is -0.150. The molecule has 0 radical (unpaired) electrons. The highest BCUT2D eigenvalue weighted by Gasteiger charge is 2.54. The van der Waals surface area contributed by atoms with Crippen molar-refractivity contribution in [1.82, 2.24) is 35.8 Å². The summed E-state index contributed by atoms with van der Waals surface area (Å²) in [4.78, 5) is 70.7. The molecule has 4 heterocycles. The topological polar surface area (TPSA) is 231 Å². The average Bonchev–Trinajstić information content (AvgIpc) is 3.60. The van der Waals surface area contributed by atoms with Gasteiger partial charge in [0.1, 0.15) is 22.8 Å². The van der Waals surface area contributed by atoms with Crippen LogP contribution in [-0.2, 0) is 33.5 Å². The van der Waals surface area contributed by atoms with E-state index in [-0.39, 0.29) is 40.3 Å². The average molecular weight is 598 g/mol. The molecule has 2 atom stereocenters. The summed E-state index contributed by atoms with van der Waals surface area (Å²) < 4.78 is 4.75. The Balaban J connectivity index is 1.49. The maximum absolute atomic E-state index is 13.2. The lowest BCUT2D eigenvalue weighted by Crippen LogP contribution is -2.71. The Morgan fingerprint density at radius 1 is 1.41 bits per heavy atom. The number of carbonyl (C=O) groups is 5. The number of anilines is 1. The number of fused-ring (bicyclic) bond motifs is 1. The van der Waals surface area contributed by atoms with Gasteiger partial charge in [-0.2, -0.15) is 5.21 Å². The number of thioether (sulfide) groups is 2. The molecule has 1 fully saturated rings. The van der Waals surface area contributed by atoms with Crippen LogP contribution in [0.25, 0.3) is 0 Å². The summed E-state index contributed by atoms with van der Waals surface area (Å²) in [5.74, 6) is -2.99. The number of tetrazole rings is 1. The van der Waals surface area contributed by atoms with Crippen LogP contribution in [0, 0.1) is 0 Å². The first-order valence-corrected chi connectivity index (χ1v) is 13.8. The van der Waals surface area contributed by atoms with E-state index in [9.17, 15) is 29.1 Å². The molecule has 0 saturated carbocycles. The number of carboxylic acid groups (broad SMARTS) is 1. The fourth-order valence-electron chi connectivity index (χ4n) is 3.43. The van der Waals surface area contributed by atoms with Gasteiger partial charge in [0.05, 0.1) is 6.61 Å². The van der Waals surface area contributed by atoms with Gasteiger partial charge in [0.2, 0.25) is 18.2 Å². The largest absolute Gasteiger partial charge is 0.477 e. The van der Waals surface area contributed by atoms with Crippen LogP contribution in [0.4, 0.5) is 5.13 Å². The second kappa shape index (κ2) is 12.7. The van der Waals surface area contributed by atoms with E-state index in [1.54, 1.807) is 6.92 Å². The minimum Gasteiger partial charge on any atom is -0.477 e.